The van der Waals surface area contributed by atoms with Crippen LogP contribution in [0.25, 0.3) is 0 Å². The molecule has 0 bridgehead atoms. The lowest BCUT2D eigenvalue weighted by Crippen LogP contribution is -2.49. The van der Waals surface area contributed by atoms with Gasteiger partial charge in [-0.1, -0.05) is 15.9 Å². The van der Waals surface area contributed by atoms with Gasteiger partial charge in [0.15, 0.2) is 0 Å². The molecule has 0 N–H and O–H groups in total. The largest absolute Gasteiger partial charge is 0.464 e. The van der Waals surface area contributed by atoms with Gasteiger partial charge in [0.25, 0.3) is 0 Å². The number of alkyl halides is 1. The van der Waals surface area contributed by atoms with E-state index < -0.39 is 55.8 Å². The lowest BCUT2D eigenvalue weighted by molar-refractivity contribution is -0.173. The highest BCUT2D eigenvalue weighted by atomic mass is 79.9. The number of epoxide rings is 3. The average molecular weight is 865 g/mol. The van der Waals surface area contributed by atoms with Gasteiger partial charge < -0.3 is 42.6 Å². The molecule has 3 aliphatic rings. The molecule has 3 aliphatic heterocycles. The summed E-state index contributed by atoms with van der Waals surface area (Å²) in [6.45, 7) is 20.2. The van der Waals surface area contributed by atoms with E-state index in [1.54, 1.807) is 41.5 Å². The summed E-state index contributed by atoms with van der Waals surface area (Å²) in [6, 6.07) is 0.385. The smallest absolute Gasteiger partial charge is 0.322 e. The summed E-state index contributed by atoms with van der Waals surface area (Å²) in [5.41, 5.74) is -5.84. The van der Waals surface area contributed by atoms with Crippen LogP contribution in [0.4, 0.5) is 0 Å². The fourth-order valence-corrected chi connectivity index (χ4v) is 8.37. The van der Waals surface area contributed by atoms with Crippen molar-refractivity contribution in [1.29, 1.82) is 0 Å². The molecule has 3 heterocycles. The highest BCUT2D eigenvalue weighted by Gasteiger charge is 2.56. The first kappa shape index (κ1) is 48.0. The van der Waals surface area contributed by atoms with Gasteiger partial charge in [-0.3, -0.25) is 28.9 Å². The molecule has 3 rings (SSSR count). The van der Waals surface area contributed by atoms with Crippen molar-refractivity contribution in [3.63, 3.8) is 0 Å². The third-order valence-corrected chi connectivity index (χ3v) is 11.0. The highest BCUT2D eigenvalue weighted by Crippen LogP contribution is 2.51. The van der Waals surface area contributed by atoms with Gasteiger partial charge in [0.1, 0.15) is 55.7 Å². The Kier molecular flexibility index (Phi) is 17.2. The van der Waals surface area contributed by atoms with Crippen LogP contribution in [0, 0.1) is 21.7 Å². The van der Waals surface area contributed by atoms with E-state index in [0.29, 0.717) is 26.4 Å². The predicted molar refractivity (Wildman–Crippen MR) is 207 cm³/mol. The van der Waals surface area contributed by atoms with Crippen molar-refractivity contribution in [1.82, 2.24) is 4.90 Å². The Labute approximate surface area is 340 Å². The van der Waals surface area contributed by atoms with Gasteiger partial charge in [-0.2, -0.15) is 0 Å². The summed E-state index contributed by atoms with van der Waals surface area (Å²) in [6.07, 6.45) is -1.34. The number of halogens is 1. The molecule has 0 saturated carbocycles. The van der Waals surface area contributed by atoms with Gasteiger partial charge in [-0.05, 0) is 94.9 Å². The second-order valence-corrected chi connectivity index (χ2v) is 19.6. The van der Waals surface area contributed by atoms with Gasteiger partial charge in [0, 0.05) is 25.7 Å². The average Bonchev–Trinajstić information content (AvgIpc) is 3.94. The molecule has 0 aromatic rings. The first-order valence-electron chi connectivity index (χ1n) is 19.6. The second-order valence-electron chi connectivity index (χ2n) is 17.8. The Morgan fingerprint density at radius 2 is 0.946 bits per heavy atom. The molecule has 16 heteroatoms. The standard InChI is InChI=1S/C40H66BrNO14/c1-26(2)42(27(3)4)12-13-49-32(44)37(7,22-36(5,6)31(43)50-15-14-48-11)23-38(8,33(45)54-19-28-16-51-28)24-39(9,34(46)55-20-29-17-52-29)25-40(10,41)35(47)56-21-30-18-53-30/h26-30H,12-25H2,1-11H3. The van der Waals surface area contributed by atoms with Crippen molar-refractivity contribution >= 4 is 45.8 Å². The Bertz CT molecular complexity index is 1350. The molecule has 3 fully saturated rings. The predicted octanol–water partition coefficient (Wildman–Crippen LogP) is 4.42. The Morgan fingerprint density at radius 3 is 1.36 bits per heavy atom. The van der Waals surface area contributed by atoms with Crippen LogP contribution in [-0.2, 0) is 66.6 Å². The van der Waals surface area contributed by atoms with Crippen LogP contribution in [0.2, 0.25) is 0 Å². The lowest BCUT2D eigenvalue weighted by atomic mass is 9.61. The lowest BCUT2D eigenvalue weighted by Gasteiger charge is -2.43. The number of methoxy groups -OCH3 is 1. The first-order valence-corrected chi connectivity index (χ1v) is 20.4. The summed E-state index contributed by atoms with van der Waals surface area (Å²) < 4.78 is 48.0. The minimum Gasteiger partial charge on any atom is -0.464 e. The summed E-state index contributed by atoms with van der Waals surface area (Å²) >= 11 is 3.52. The van der Waals surface area contributed by atoms with Crippen LogP contribution >= 0.6 is 15.9 Å². The zero-order valence-corrected chi connectivity index (χ0v) is 36.9. The number of esters is 5. The number of rotatable bonds is 27. The van der Waals surface area contributed by atoms with Gasteiger partial charge in [0.2, 0.25) is 0 Å². The molecular weight excluding hydrogens is 798 g/mol. The van der Waals surface area contributed by atoms with Crippen LogP contribution in [0.15, 0.2) is 0 Å². The molecule has 322 valence electrons. The minimum atomic E-state index is -1.58. The molecule has 0 radical (unpaired) electrons. The van der Waals surface area contributed by atoms with Crippen LogP contribution in [0.3, 0.4) is 0 Å². The van der Waals surface area contributed by atoms with Crippen LogP contribution < -0.4 is 0 Å². The summed E-state index contributed by atoms with van der Waals surface area (Å²) in [5, 5.41) is 0. The quantitative estimate of drug-likeness (QED) is 0.0372. The molecule has 15 nitrogen and oxygen atoms in total. The van der Waals surface area contributed by atoms with E-state index in [9.17, 15) is 24.0 Å². The monoisotopic (exact) mass is 863 g/mol. The van der Waals surface area contributed by atoms with E-state index in [1.165, 1.54) is 7.11 Å². The van der Waals surface area contributed by atoms with E-state index in [4.69, 9.17) is 42.6 Å². The molecule has 0 aliphatic carbocycles. The van der Waals surface area contributed by atoms with Crippen molar-refractivity contribution in [2.75, 3.05) is 73.1 Å². The van der Waals surface area contributed by atoms with Crippen LogP contribution in [0.5, 0.6) is 0 Å². The molecule has 0 spiro atoms. The van der Waals surface area contributed by atoms with E-state index in [-0.39, 0.29) is 95.7 Å². The van der Waals surface area contributed by atoms with Gasteiger partial charge in [-0.15, -0.1) is 0 Å². The number of nitrogens with zero attached hydrogens (tertiary/aromatic N) is 1. The minimum absolute atomic E-state index is 0.00967. The van der Waals surface area contributed by atoms with E-state index in [2.05, 4.69) is 48.5 Å². The molecule has 7 unspecified atom stereocenters. The highest BCUT2D eigenvalue weighted by molar-refractivity contribution is 9.10. The summed E-state index contributed by atoms with van der Waals surface area (Å²) in [5.74, 6) is -3.16. The maximum absolute atomic E-state index is 14.5. The maximum atomic E-state index is 14.5. The van der Waals surface area contributed by atoms with Gasteiger partial charge >= 0.3 is 29.8 Å². The number of hydrogen-bond donors (Lipinski definition) is 0. The zero-order valence-electron chi connectivity index (χ0n) is 35.3. The molecule has 7 atom stereocenters. The Hall–Kier alpha value is -2.37. The van der Waals surface area contributed by atoms with Crippen LogP contribution in [-0.4, -0.2) is 143 Å². The van der Waals surface area contributed by atoms with Crippen LogP contribution in [0.1, 0.15) is 94.9 Å². The summed E-state index contributed by atoms with van der Waals surface area (Å²) in [7, 11) is 1.49. The normalized spacial score (nSPS) is 23.2. The SMILES string of the molecule is COCCOC(=O)C(C)(C)CC(C)(CC(C)(CC(C)(CC(C)(Br)C(=O)OCC1CO1)C(=O)OCC1CO1)C(=O)OCC1CO1)C(=O)OCCN(C(C)C)C(C)C. The Morgan fingerprint density at radius 1 is 0.571 bits per heavy atom. The third kappa shape index (κ3) is 14.8. The number of hydrogen-bond acceptors (Lipinski definition) is 15. The van der Waals surface area contributed by atoms with Crippen molar-refractivity contribution in [3.8, 4) is 0 Å². The molecule has 0 amide bonds. The fraction of sp³-hybridized carbons (Fsp3) is 0.875. The molecule has 3 saturated heterocycles. The molecule has 56 heavy (non-hydrogen) atoms. The van der Waals surface area contributed by atoms with Gasteiger partial charge in [-0.25, -0.2) is 0 Å². The first-order chi connectivity index (χ1) is 26.0. The van der Waals surface area contributed by atoms with Crippen molar-refractivity contribution in [2.45, 2.75) is 130 Å². The zero-order chi connectivity index (χ0) is 42.1. The molecular formula is C40H66BrNO14. The second kappa shape index (κ2) is 20.1. The van der Waals surface area contributed by atoms with Crippen molar-refractivity contribution < 1.29 is 66.6 Å². The number of carbonyl (C=O) groups excluding carboxylic acids is 5. The molecule has 0 aromatic heterocycles. The topological polar surface area (TPSA) is 182 Å². The number of carbonyl (C=O) groups is 5. The Balaban J connectivity index is 2.04. The van der Waals surface area contributed by atoms with Crippen molar-refractivity contribution in [3.05, 3.63) is 0 Å². The van der Waals surface area contributed by atoms with E-state index in [1.807, 2.05) is 0 Å². The fourth-order valence-electron chi connectivity index (χ4n) is 7.64. The van der Waals surface area contributed by atoms with E-state index >= 15 is 0 Å². The van der Waals surface area contributed by atoms with Crippen molar-refractivity contribution in [2.24, 2.45) is 21.7 Å². The van der Waals surface area contributed by atoms with E-state index in [0.717, 1.165) is 0 Å². The molecule has 0 aromatic carbocycles. The third-order valence-electron chi connectivity index (χ3n) is 10.4. The maximum Gasteiger partial charge on any atom is 0.322 e. The summed E-state index contributed by atoms with van der Waals surface area (Å²) in [4.78, 5) is 72.2. The number of ether oxygens (including phenoxy) is 9. The van der Waals surface area contributed by atoms with Gasteiger partial charge in [0.05, 0.1) is 48.1 Å².